The highest BCUT2D eigenvalue weighted by Crippen LogP contribution is 2.40. The van der Waals surface area contributed by atoms with Crippen molar-refractivity contribution in [2.24, 2.45) is 0 Å². The van der Waals surface area contributed by atoms with E-state index in [0.717, 1.165) is 0 Å². The Labute approximate surface area is 116 Å². The van der Waals surface area contributed by atoms with E-state index >= 15 is 0 Å². The largest absolute Gasteiger partial charge is 0.493 e. The lowest BCUT2D eigenvalue weighted by molar-refractivity contribution is 0.324. The first kappa shape index (κ1) is 13.7. The molecule has 0 bridgehead atoms. The third-order valence-electron chi connectivity index (χ3n) is 2.70. The first-order valence-corrected chi connectivity index (χ1v) is 5.82. The van der Waals surface area contributed by atoms with E-state index in [1.807, 2.05) is 6.07 Å². The van der Waals surface area contributed by atoms with E-state index in [2.05, 4.69) is 15.2 Å². The highest BCUT2D eigenvalue weighted by atomic mass is 16.5. The van der Waals surface area contributed by atoms with Crippen LogP contribution in [0.4, 0.5) is 0 Å². The van der Waals surface area contributed by atoms with E-state index in [9.17, 15) is 0 Å². The molecule has 0 fully saturated rings. The van der Waals surface area contributed by atoms with Gasteiger partial charge in [0.2, 0.25) is 5.75 Å². The molecule has 0 aliphatic carbocycles. The van der Waals surface area contributed by atoms with Crippen molar-refractivity contribution in [1.82, 2.24) is 15.2 Å². The van der Waals surface area contributed by atoms with Crippen molar-refractivity contribution in [3.8, 4) is 34.7 Å². The molecule has 7 heteroatoms. The normalized spacial score (nSPS) is 9.90. The molecular weight excluding hydrogens is 260 g/mol. The van der Waals surface area contributed by atoms with Gasteiger partial charge in [0, 0.05) is 5.56 Å². The summed E-state index contributed by atoms with van der Waals surface area (Å²) in [5.74, 6) is 2.53. The highest BCUT2D eigenvalue weighted by Gasteiger charge is 2.16. The van der Waals surface area contributed by atoms with Gasteiger partial charge >= 0.3 is 0 Å². The first-order chi connectivity index (χ1) is 9.73. The van der Waals surface area contributed by atoms with Gasteiger partial charge in [-0.1, -0.05) is 0 Å². The molecule has 0 amide bonds. The second-order valence-corrected chi connectivity index (χ2v) is 3.85. The van der Waals surface area contributed by atoms with Crippen LogP contribution in [0.25, 0.3) is 11.4 Å². The first-order valence-electron chi connectivity index (χ1n) is 5.82. The Bertz CT molecular complexity index is 620. The Hall–Kier alpha value is -2.75. The van der Waals surface area contributed by atoms with E-state index in [4.69, 9.17) is 19.5 Å². The Kier molecular flexibility index (Phi) is 4.05. The average molecular weight is 274 g/mol. The summed E-state index contributed by atoms with van der Waals surface area (Å²) in [7, 11) is 4.62. The number of nitriles is 1. The second kappa shape index (κ2) is 5.93. The zero-order valence-corrected chi connectivity index (χ0v) is 11.4. The maximum atomic E-state index is 8.64. The molecule has 1 N–H and O–H groups in total. The summed E-state index contributed by atoms with van der Waals surface area (Å²) in [6.07, 6.45) is 0.178. The van der Waals surface area contributed by atoms with Crippen LogP contribution in [-0.2, 0) is 6.42 Å². The molecule has 7 nitrogen and oxygen atoms in total. The van der Waals surface area contributed by atoms with Crippen LogP contribution in [0.2, 0.25) is 0 Å². The van der Waals surface area contributed by atoms with Crippen LogP contribution in [0.5, 0.6) is 17.2 Å². The summed E-state index contributed by atoms with van der Waals surface area (Å²) < 4.78 is 15.8. The quantitative estimate of drug-likeness (QED) is 0.889. The van der Waals surface area contributed by atoms with Crippen LogP contribution < -0.4 is 14.2 Å². The monoisotopic (exact) mass is 274 g/mol. The van der Waals surface area contributed by atoms with E-state index in [-0.39, 0.29) is 6.42 Å². The van der Waals surface area contributed by atoms with Crippen LogP contribution >= 0.6 is 0 Å². The number of hydrogen-bond acceptors (Lipinski definition) is 6. The second-order valence-electron chi connectivity index (χ2n) is 3.85. The van der Waals surface area contributed by atoms with E-state index in [0.29, 0.717) is 34.5 Å². The number of ether oxygens (including phenoxy) is 3. The number of nitrogens with one attached hydrogen (secondary N) is 1. The fraction of sp³-hybridized carbons (Fsp3) is 0.308. The lowest BCUT2D eigenvalue weighted by Gasteiger charge is -2.12. The summed E-state index contributed by atoms with van der Waals surface area (Å²) in [6.45, 7) is 0. The molecule has 2 rings (SSSR count). The maximum absolute atomic E-state index is 8.64. The van der Waals surface area contributed by atoms with E-state index in [1.165, 1.54) is 7.11 Å². The molecule has 1 aromatic heterocycles. The van der Waals surface area contributed by atoms with Gasteiger partial charge in [-0.05, 0) is 12.1 Å². The van der Waals surface area contributed by atoms with Crippen molar-refractivity contribution >= 4 is 0 Å². The minimum absolute atomic E-state index is 0.178. The molecule has 0 saturated heterocycles. The van der Waals surface area contributed by atoms with Crippen LogP contribution in [0.3, 0.4) is 0 Å². The van der Waals surface area contributed by atoms with Crippen molar-refractivity contribution in [2.75, 3.05) is 21.3 Å². The average Bonchev–Trinajstić information content (AvgIpc) is 2.94. The van der Waals surface area contributed by atoms with Crippen molar-refractivity contribution in [3.63, 3.8) is 0 Å². The lowest BCUT2D eigenvalue weighted by Crippen LogP contribution is -1.96. The van der Waals surface area contributed by atoms with E-state index in [1.54, 1.807) is 26.4 Å². The summed E-state index contributed by atoms with van der Waals surface area (Å²) in [6, 6.07) is 5.51. The minimum atomic E-state index is 0.178. The van der Waals surface area contributed by atoms with Crippen LogP contribution in [0.1, 0.15) is 5.82 Å². The third kappa shape index (κ3) is 2.49. The molecular formula is C13H14N4O3. The van der Waals surface area contributed by atoms with Gasteiger partial charge in [0.05, 0.1) is 33.8 Å². The van der Waals surface area contributed by atoms with Crippen LogP contribution in [0, 0.1) is 11.3 Å². The highest BCUT2D eigenvalue weighted by molar-refractivity contribution is 5.66. The van der Waals surface area contributed by atoms with Crippen LogP contribution in [0.15, 0.2) is 12.1 Å². The molecule has 0 radical (unpaired) electrons. The van der Waals surface area contributed by atoms with Crippen molar-refractivity contribution < 1.29 is 14.2 Å². The zero-order chi connectivity index (χ0) is 14.5. The molecule has 104 valence electrons. The fourth-order valence-corrected chi connectivity index (χ4v) is 1.79. The molecule has 1 heterocycles. The van der Waals surface area contributed by atoms with Gasteiger partial charge in [-0.15, -0.1) is 0 Å². The summed E-state index contributed by atoms with van der Waals surface area (Å²) in [5, 5.41) is 15.4. The van der Waals surface area contributed by atoms with Gasteiger partial charge in [-0.25, -0.2) is 4.98 Å². The molecule has 20 heavy (non-hydrogen) atoms. The molecule has 2 aromatic rings. The summed E-state index contributed by atoms with van der Waals surface area (Å²) >= 11 is 0. The van der Waals surface area contributed by atoms with Gasteiger partial charge in [-0.2, -0.15) is 10.4 Å². The number of nitrogens with zero attached hydrogens (tertiary/aromatic N) is 3. The van der Waals surface area contributed by atoms with Crippen molar-refractivity contribution in [1.29, 1.82) is 5.26 Å². The van der Waals surface area contributed by atoms with Gasteiger partial charge in [-0.3, -0.25) is 5.10 Å². The standard InChI is InChI=1S/C13H14N4O3/c1-18-9-6-8(7-10(19-2)12(9)20-3)13-15-11(4-5-14)16-17-13/h6-7H,4H2,1-3H3,(H,15,16,17). The lowest BCUT2D eigenvalue weighted by atomic mass is 10.1. The van der Waals surface area contributed by atoms with Gasteiger partial charge in [0.1, 0.15) is 5.82 Å². The third-order valence-corrected chi connectivity index (χ3v) is 2.70. The van der Waals surface area contributed by atoms with Gasteiger partial charge in [0.15, 0.2) is 17.3 Å². The predicted molar refractivity (Wildman–Crippen MR) is 70.8 cm³/mol. The molecule has 0 aliphatic rings. The smallest absolute Gasteiger partial charge is 0.203 e. The van der Waals surface area contributed by atoms with E-state index < -0.39 is 0 Å². The molecule has 0 atom stereocenters. The van der Waals surface area contributed by atoms with Gasteiger partial charge in [0.25, 0.3) is 0 Å². The van der Waals surface area contributed by atoms with Crippen molar-refractivity contribution in [2.45, 2.75) is 6.42 Å². The molecule has 0 unspecified atom stereocenters. The maximum Gasteiger partial charge on any atom is 0.203 e. The zero-order valence-electron chi connectivity index (χ0n) is 11.4. The number of aromatic nitrogens is 3. The Balaban J connectivity index is 2.48. The minimum Gasteiger partial charge on any atom is -0.493 e. The Morgan fingerprint density at radius 3 is 2.30 bits per heavy atom. The van der Waals surface area contributed by atoms with Crippen LogP contribution in [-0.4, -0.2) is 36.5 Å². The predicted octanol–water partition coefficient (Wildman–Crippen LogP) is 1.56. The van der Waals surface area contributed by atoms with Crippen molar-refractivity contribution in [3.05, 3.63) is 18.0 Å². The SMILES string of the molecule is COc1cc(-c2n[nH]c(CC#N)n2)cc(OC)c1OC. The number of methoxy groups -OCH3 is 3. The Morgan fingerprint density at radius 2 is 1.80 bits per heavy atom. The van der Waals surface area contributed by atoms with Gasteiger partial charge < -0.3 is 14.2 Å². The molecule has 1 aromatic carbocycles. The summed E-state index contributed by atoms with van der Waals surface area (Å²) in [5.41, 5.74) is 0.708. The number of aromatic amines is 1. The number of hydrogen-bond donors (Lipinski definition) is 1. The Morgan fingerprint density at radius 1 is 1.15 bits per heavy atom. The topological polar surface area (TPSA) is 93.1 Å². The number of rotatable bonds is 5. The summed E-state index contributed by atoms with van der Waals surface area (Å²) in [4.78, 5) is 4.24. The molecule has 0 saturated carbocycles. The molecule has 0 spiro atoms. The fourth-order valence-electron chi connectivity index (χ4n) is 1.79. The number of benzene rings is 1. The number of H-pyrrole nitrogens is 1. The molecule has 0 aliphatic heterocycles.